The molecule has 0 spiro atoms. The van der Waals surface area contributed by atoms with Gasteiger partial charge in [0.1, 0.15) is 5.75 Å². The van der Waals surface area contributed by atoms with Crippen molar-refractivity contribution in [3.63, 3.8) is 0 Å². The number of rotatable bonds is 5. The van der Waals surface area contributed by atoms with Crippen LogP contribution in [0.2, 0.25) is 0 Å². The van der Waals surface area contributed by atoms with Gasteiger partial charge in [-0.3, -0.25) is 4.79 Å². The minimum atomic E-state index is 0.0619. The van der Waals surface area contributed by atoms with Gasteiger partial charge < -0.3 is 15.0 Å². The third-order valence-electron chi connectivity index (χ3n) is 2.76. The number of methoxy groups -OCH3 is 1. The molecule has 5 heteroatoms. The van der Waals surface area contributed by atoms with Gasteiger partial charge in [0.15, 0.2) is 0 Å². The summed E-state index contributed by atoms with van der Waals surface area (Å²) in [6.45, 7) is 4.25. The number of nitrogens with one attached hydrogen (secondary N) is 1. The summed E-state index contributed by atoms with van der Waals surface area (Å²) >= 11 is 3.38. The van der Waals surface area contributed by atoms with E-state index >= 15 is 0 Å². The second-order valence-corrected chi connectivity index (χ2v) is 5.16. The number of benzene rings is 1. The number of anilines is 1. The Balaban J connectivity index is 2.61. The summed E-state index contributed by atoms with van der Waals surface area (Å²) in [5.41, 5.74) is 0.862. The molecule has 0 unspecified atom stereocenters. The first-order chi connectivity index (χ1) is 8.45. The number of hydrogen-bond acceptors (Lipinski definition) is 3. The first-order valence-corrected chi connectivity index (χ1v) is 6.58. The lowest BCUT2D eigenvalue weighted by molar-refractivity contribution is -0.129. The van der Waals surface area contributed by atoms with Gasteiger partial charge in [-0.25, -0.2) is 0 Å². The molecule has 0 aromatic heterocycles. The van der Waals surface area contributed by atoms with E-state index in [4.69, 9.17) is 4.74 Å². The summed E-state index contributed by atoms with van der Waals surface area (Å²) in [6, 6.07) is 5.85. The van der Waals surface area contributed by atoms with Crippen LogP contribution in [0, 0.1) is 0 Å². The number of nitrogens with zero attached hydrogens (tertiary/aromatic N) is 1. The molecule has 0 aliphatic carbocycles. The maximum absolute atomic E-state index is 11.8. The van der Waals surface area contributed by atoms with Crippen molar-refractivity contribution >= 4 is 27.5 Å². The normalized spacial score (nSPS) is 10.3. The van der Waals surface area contributed by atoms with Crippen LogP contribution in [0.3, 0.4) is 0 Å². The van der Waals surface area contributed by atoms with Crippen molar-refractivity contribution in [3.05, 3.63) is 22.7 Å². The van der Waals surface area contributed by atoms with Crippen molar-refractivity contribution in [2.45, 2.75) is 19.9 Å². The van der Waals surface area contributed by atoms with Crippen LogP contribution in [0.15, 0.2) is 22.7 Å². The minimum Gasteiger partial charge on any atom is -0.495 e. The van der Waals surface area contributed by atoms with Crippen molar-refractivity contribution in [1.82, 2.24) is 4.90 Å². The lowest BCUT2D eigenvalue weighted by Crippen LogP contribution is -2.37. The number of ether oxygens (including phenoxy) is 1. The molecule has 1 aromatic rings. The second kappa shape index (κ2) is 6.64. The Labute approximate surface area is 116 Å². The molecular weight excluding hydrogens is 296 g/mol. The summed E-state index contributed by atoms with van der Waals surface area (Å²) < 4.78 is 6.09. The SMILES string of the molecule is COc1cc(NCC(=O)N(C)C(C)C)ccc1Br. The predicted molar refractivity (Wildman–Crippen MR) is 77.1 cm³/mol. The highest BCUT2D eigenvalue weighted by Crippen LogP contribution is 2.27. The molecule has 0 aliphatic rings. The van der Waals surface area contributed by atoms with Gasteiger partial charge >= 0.3 is 0 Å². The number of carbonyl (C=O) groups excluding carboxylic acids is 1. The van der Waals surface area contributed by atoms with Gasteiger partial charge in [0, 0.05) is 24.8 Å². The zero-order chi connectivity index (χ0) is 13.7. The molecule has 1 aromatic carbocycles. The maximum Gasteiger partial charge on any atom is 0.241 e. The average Bonchev–Trinajstić information content (AvgIpc) is 2.36. The molecule has 0 atom stereocenters. The highest BCUT2D eigenvalue weighted by Gasteiger charge is 2.11. The van der Waals surface area contributed by atoms with Crippen LogP contribution in [0.4, 0.5) is 5.69 Å². The summed E-state index contributed by atoms with van der Waals surface area (Å²) in [5.74, 6) is 0.802. The number of carbonyl (C=O) groups is 1. The Bertz CT molecular complexity index is 421. The standard InChI is InChI=1S/C13H19BrN2O2/c1-9(2)16(3)13(17)8-15-10-5-6-11(14)12(7-10)18-4/h5-7,9,15H,8H2,1-4H3. The summed E-state index contributed by atoms with van der Waals surface area (Å²) in [6.07, 6.45) is 0. The van der Waals surface area contributed by atoms with E-state index < -0.39 is 0 Å². The van der Waals surface area contributed by atoms with Gasteiger partial charge in [-0.15, -0.1) is 0 Å². The van der Waals surface area contributed by atoms with Crippen molar-refractivity contribution in [2.24, 2.45) is 0 Å². The van der Waals surface area contributed by atoms with Gasteiger partial charge in [0.05, 0.1) is 18.1 Å². The molecule has 100 valence electrons. The number of likely N-dealkylation sites (N-methyl/N-ethyl adjacent to an activating group) is 1. The summed E-state index contributed by atoms with van der Waals surface area (Å²) in [4.78, 5) is 13.5. The number of amides is 1. The average molecular weight is 315 g/mol. The molecule has 18 heavy (non-hydrogen) atoms. The summed E-state index contributed by atoms with van der Waals surface area (Å²) in [7, 11) is 3.42. The van der Waals surface area contributed by atoms with Crippen molar-refractivity contribution in [1.29, 1.82) is 0 Å². The van der Waals surface area contributed by atoms with Crippen molar-refractivity contribution < 1.29 is 9.53 Å². The fourth-order valence-electron chi connectivity index (χ4n) is 1.36. The smallest absolute Gasteiger partial charge is 0.241 e. The topological polar surface area (TPSA) is 41.6 Å². The fraction of sp³-hybridized carbons (Fsp3) is 0.462. The van der Waals surface area contributed by atoms with E-state index in [1.807, 2.05) is 32.0 Å². The van der Waals surface area contributed by atoms with Gasteiger partial charge in [-0.1, -0.05) is 0 Å². The zero-order valence-corrected chi connectivity index (χ0v) is 12.7. The van der Waals surface area contributed by atoms with E-state index in [-0.39, 0.29) is 18.5 Å². The molecule has 0 radical (unpaired) electrons. The lowest BCUT2D eigenvalue weighted by Gasteiger charge is -2.21. The van der Waals surface area contributed by atoms with E-state index in [1.165, 1.54) is 0 Å². The van der Waals surface area contributed by atoms with Gasteiger partial charge in [-0.2, -0.15) is 0 Å². The Morgan fingerprint density at radius 3 is 2.72 bits per heavy atom. The molecule has 1 rings (SSSR count). The van der Waals surface area contributed by atoms with E-state index in [0.29, 0.717) is 0 Å². The van der Waals surface area contributed by atoms with Crippen LogP contribution < -0.4 is 10.1 Å². The van der Waals surface area contributed by atoms with Crippen LogP contribution in [-0.2, 0) is 4.79 Å². The zero-order valence-electron chi connectivity index (χ0n) is 11.2. The molecule has 0 fully saturated rings. The first-order valence-electron chi connectivity index (χ1n) is 5.78. The molecule has 4 nitrogen and oxygen atoms in total. The first kappa shape index (κ1) is 14.8. The predicted octanol–water partition coefficient (Wildman–Crippen LogP) is 2.74. The van der Waals surface area contributed by atoms with Crippen LogP contribution in [-0.4, -0.2) is 37.6 Å². The van der Waals surface area contributed by atoms with Crippen LogP contribution in [0.25, 0.3) is 0 Å². The highest BCUT2D eigenvalue weighted by molar-refractivity contribution is 9.10. The van der Waals surface area contributed by atoms with Crippen LogP contribution in [0.1, 0.15) is 13.8 Å². The molecule has 0 saturated heterocycles. The van der Waals surface area contributed by atoms with Crippen LogP contribution in [0.5, 0.6) is 5.75 Å². The lowest BCUT2D eigenvalue weighted by atomic mass is 10.3. The maximum atomic E-state index is 11.8. The Kier molecular flexibility index (Phi) is 5.47. The van der Waals surface area contributed by atoms with Crippen LogP contribution >= 0.6 is 15.9 Å². The third-order valence-corrected chi connectivity index (χ3v) is 3.42. The van der Waals surface area contributed by atoms with E-state index in [0.717, 1.165) is 15.9 Å². The molecule has 0 heterocycles. The Morgan fingerprint density at radius 1 is 1.50 bits per heavy atom. The van der Waals surface area contributed by atoms with E-state index in [2.05, 4.69) is 21.2 Å². The highest BCUT2D eigenvalue weighted by atomic mass is 79.9. The van der Waals surface area contributed by atoms with Crippen molar-refractivity contribution in [2.75, 3.05) is 26.0 Å². The van der Waals surface area contributed by atoms with E-state index in [1.54, 1.807) is 19.1 Å². The quantitative estimate of drug-likeness (QED) is 0.908. The van der Waals surface area contributed by atoms with E-state index in [9.17, 15) is 4.79 Å². The summed E-state index contributed by atoms with van der Waals surface area (Å²) in [5, 5.41) is 3.09. The van der Waals surface area contributed by atoms with Gasteiger partial charge in [-0.05, 0) is 41.9 Å². The third kappa shape index (κ3) is 3.91. The molecule has 0 saturated carbocycles. The molecule has 0 aliphatic heterocycles. The molecule has 1 N–H and O–H groups in total. The molecule has 0 bridgehead atoms. The Morgan fingerprint density at radius 2 is 2.17 bits per heavy atom. The van der Waals surface area contributed by atoms with Gasteiger partial charge in [0.25, 0.3) is 0 Å². The number of hydrogen-bond donors (Lipinski definition) is 1. The minimum absolute atomic E-state index is 0.0619. The monoisotopic (exact) mass is 314 g/mol. The molecular formula is C13H19BrN2O2. The molecule has 1 amide bonds. The van der Waals surface area contributed by atoms with Gasteiger partial charge in [0.2, 0.25) is 5.91 Å². The second-order valence-electron chi connectivity index (χ2n) is 4.30. The fourth-order valence-corrected chi connectivity index (χ4v) is 1.77. The Hall–Kier alpha value is -1.23. The van der Waals surface area contributed by atoms with Crippen molar-refractivity contribution in [3.8, 4) is 5.75 Å². The largest absolute Gasteiger partial charge is 0.495 e. The number of halogens is 1.